The standard InChI is InChI=1S/C22H29N3O3S/c1-15-6-5-7-18(12-15)24-29(27,28)20-11-8-16(2)21(13-20)22(26)23-14-17(3)25(4)19-9-10-19/h5-8,11-13,17,19,24H,9-10,14H2,1-4H3,(H,23,26). The number of carbonyl (C=O) groups excluding carboxylic acids is 1. The molecular weight excluding hydrogens is 386 g/mol. The molecule has 156 valence electrons. The molecule has 0 spiro atoms. The molecule has 2 aromatic rings. The van der Waals surface area contributed by atoms with Gasteiger partial charge in [-0.1, -0.05) is 18.2 Å². The van der Waals surface area contributed by atoms with Gasteiger partial charge in [0.15, 0.2) is 0 Å². The SMILES string of the molecule is Cc1cccc(NS(=O)(=O)c2ccc(C)c(C(=O)NCC(C)N(C)C3CC3)c2)c1. The Bertz CT molecular complexity index is 1000. The fourth-order valence-electron chi connectivity index (χ4n) is 3.26. The Morgan fingerprint density at radius 2 is 1.90 bits per heavy atom. The Morgan fingerprint density at radius 3 is 2.55 bits per heavy atom. The number of amides is 1. The van der Waals surface area contributed by atoms with Gasteiger partial charge >= 0.3 is 0 Å². The highest BCUT2D eigenvalue weighted by Gasteiger charge is 2.29. The Kier molecular flexibility index (Phi) is 6.29. The molecule has 2 aromatic carbocycles. The monoisotopic (exact) mass is 415 g/mol. The van der Waals surface area contributed by atoms with Gasteiger partial charge in [-0.25, -0.2) is 8.42 Å². The van der Waals surface area contributed by atoms with Crippen LogP contribution < -0.4 is 10.0 Å². The van der Waals surface area contributed by atoms with E-state index in [4.69, 9.17) is 0 Å². The summed E-state index contributed by atoms with van der Waals surface area (Å²) in [6.45, 7) is 6.30. The third kappa shape index (κ3) is 5.36. The smallest absolute Gasteiger partial charge is 0.261 e. The average molecular weight is 416 g/mol. The lowest BCUT2D eigenvalue weighted by Gasteiger charge is -2.24. The van der Waals surface area contributed by atoms with Gasteiger partial charge in [-0.05, 0) is 76.1 Å². The number of carbonyl (C=O) groups is 1. The number of aryl methyl sites for hydroxylation is 2. The van der Waals surface area contributed by atoms with Gasteiger partial charge in [0, 0.05) is 29.9 Å². The lowest BCUT2D eigenvalue weighted by atomic mass is 10.1. The van der Waals surface area contributed by atoms with Gasteiger partial charge in [0.25, 0.3) is 15.9 Å². The van der Waals surface area contributed by atoms with E-state index in [1.807, 2.05) is 13.0 Å². The van der Waals surface area contributed by atoms with Crippen molar-refractivity contribution in [1.82, 2.24) is 10.2 Å². The van der Waals surface area contributed by atoms with Crippen LogP contribution in [0.3, 0.4) is 0 Å². The maximum Gasteiger partial charge on any atom is 0.261 e. The number of nitrogens with one attached hydrogen (secondary N) is 2. The molecule has 0 heterocycles. The van der Waals surface area contributed by atoms with E-state index < -0.39 is 10.0 Å². The van der Waals surface area contributed by atoms with Crippen LogP contribution in [0.2, 0.25) is 0 Å². The first-order valence-electron chi connectivity index (χ1n) is 9.87. The van der Waals surface area contributed by atoms with Gasteiger partial charge in [-0.3, -0.25) is 14.4 Å². The highest BCUT2D eigenvalue weighted by molar-refractivity contribution is 7.92. The number of likely N-dealkylation sites (N-methyl/N-ethyl adjacent to an activating group) is 1. The van der Waals surface area contributed by atoms with E-state index in [-0.39, 0.29) is 16.8 Å². The summed E-state index contributed by atoms with van der Waals surface area (Å²) in [6, 6.07) is 12.6. The van der Waals surface area contributed by atoms with Crippen LogP contribution in [0, 0.1) is 13.8 Å². The molecule has 2 N–H and O–H groups in total. The highest BCUT2D eigenvalue weighted by Crippen LogP contribution is 2.26. The summed E-state index contributed by atoms with van der Waals surface area (Å²) < 4.78 is 28.2. The predicted octanol–water partition coefficient (Wildman–Crippen LogP) is 3.32. The van der Waals surface area contributed by atoms with E-state index in [1.54, 1.807) is 31.2 Å². The zero-order valence-electron chi connectivity index (χ0n) is 17.4. The summed E-state index contributed by atoms with van der Waals surface area (Å²) in [5.41, 5.74) is 2.56. The molecule has 3 rings (SSSR count). The fourth-order valence-corrected chi connectivity index (χ4v) is 4.33. The van der Waals surface area contributed by atoms with Crippen molar-refractivity contribution in [1.29, 1.82) is 0 Å². The summed E-state index contributed by atoms with van der Waals surface area (Å²) in [5, 5.41) is 2.94. The maximum atomic E-state index is 12.8. The van der Waals surface area contributed by atoms with Crippen molar-refractivity contribution in [2.45, 2.75) is 50.6 Å². The van der Waals surface area contributed by atoms with Crippen molar-refractivity contribution in [3.63, 3.8) is 0 Å². The number of benzene rings is 2. The maximum absolute atomic E-state index is 12.8. The van der Waals surface area contributed by atoms with E-state index in [0.717, 1.165) is 11.1 Å². The van der Waals surface area contributed by atoms with Crippen molar-refractivity contribution >= 4 is 21.6 Å². The Balaban J connectivity index is 1.73. The van der Waals surface area contributed by atoms with Crippen LogP contribution >= 0.6 is 0 Å². The number of hydrogen-bond donors (Lipinski definition) is 2. The van der Waals surface area contributed by atoms with Crippen LogP contribution in [0.15, 0.2) is 47.4 Å². The van der Waals surface area contributed by atoms with E-state index in [9.17, 15) is 13.2 Å². The molecule has 6 nitrogen and oxygen atoms in total. The number of hydrogen-bond acceptors (Lipinski definition) is 4. The second-order valence-corrected chi connectivity index (χ2v) is 9.59. The van der Waals surface area contributed by atoms with Gasteiger partial charge in [0.2, 0.25) is 0 Å². The van der Waals surface area contributed by atoms with Gasteiger partial charge in [0.1, 0.15) is 0 Å². The van der Waals surface area contributed by atoms with Crippen LogP contribution in [0.5, 0.6) is 0 Å². The fraction of sp³-hybridized carbons (Fsp3) is 0.409. The topological polar surface area (TPSA) is 78.5 Å². The Hall–Kier alpha value is -2.38. The Labute approximate surface area is 173 Å². The predicted molar refractivity (Wildman–Crippen MR) is 116 cm³/mol. The normalized spacial score (nSPS) is 15.2. The quantitative estimate of drug-likeness (QED) is 0.693. The first-order chi connectivity index (χ1) is 13.7. The largest absolute Gasteiger partial charge is 0.350 e. The third-order valence-electron chi connectivity index (χ3n) is 5.41. The molecule has 29 heavy (non-hydrogen) atoms. The van der Waals surface area contributed by atoms with Crippen molar-refractivity contribution in [2.24, 2.45) is 0 Å². The van der Waals surface area contributed by atoms with Gasteiger partial charge in [-0.15, -0.1) is 0 Å². The van der Waals surface area contributed by atoms with Crippen LogP contribution in [0.1, 0.15) is 41.3 Å². The second-order valence-electron chi connectivity index (χ2n) is 7.91. The van der Waals surface area contributed by atoms with Crippen molar-refractivity contribution in [3.05, 3.63) is 59.2 Å². The molecule has 1 unspecified atom stereocenters. The molecule has 7 heteroatoms. The van der Waals surface area contributed by atoms with Gasteiger partial charge in [-0.2, -0.15) is 0 Å². The lowest BCUT2D eigenvalue weighted by Crippen LogP contribution is -2.41. The van der Waals surface area contributed by atoms with Crippen LogP contribution in [0.4, 0.5) is 5.69 Å². The summed E-state index contributed by atoms with van der Waals surface area (Å²) in [5.74, 6) is -0.258. The zero-order valence-corrected chi connectivity index (χ0v) is 18.2. The summed E-state index contributed by atoms with van der Waals surface area (Å²) in [6.07, 6.45) is 2.42. The zero-order chi connectivity index (χ0) is 21.2. The summed E-state index contributed by atoms with van der Waals surface area (Å²) in [7, 11) is -1.72. The van der Waals surface area contributed by atoms with E-state index in [2.05, 4.69) is 28.9 Å². The first-order valence-corrected chi connectivity index (χ1v) is 11.4. The minimum absolute atomic E-state index is 0.0675. The van der Waals surface area contributed by atoms with Crippen molar-refractivity contribution in [3.8, 4) is 0 Å². The lowest BCUT2D eigenvalue weighted by molar-refractivity contribution is 0.0938. The van der Waals surface area contributed by atoms with Gasteiger partial charge < -0.3 is 5.32 Å². The second kappa shape index (κ2) is 8.55. The molecule has 0 aromatic heterocycles. The van der Waals surface area contributed by atoms with Crippen molar-refractivity contribution < 1.29 is 13.2 Å². The third-order valence-corrected chi connectivity index (χ3v) is 6.79. The van der Waals surface area contributed by atoms with Crippen LogP contribution in [0.25, 0.3) is 0 Å². The molecule has 1 fully saturated rings. The van der Waals surface area contributed by atoms with Crippen LogP contribution in [-0.4, -0.2) is 44.9 Å². The summed E-state index contributed by atoms with van der Waals surface area (Å²) >= 11 is 0. The average Bonchev–Trinajstić information content (AvgIpc) is 3.50. The van der Waals surface area contributed by atoms with E-state index in [0.29, 0.717) is 23.8 Å². The number of nitrogens with zero attached hydrogens (tertiary/aromatic N) is 1. The van der Waals surface area contributed by atoms with Gasteiger partial charge in [0.05, 0.1) is 4.90 Å². The minimum Gasteiger partial charge on any atom is -0.350 e. The molecule has 1 aliphatic carbocycles. The van der Waals surface area contributed by atoms with Crippen LogP contribution in [-0.2, 0) is 10.0 Å². The molecule has 1 saturated carbocycles. The number of sulfonamides is 1. The molecule has 1 atom stereocenters. The first kappa shape index (κ1) is 21.3. The molecule has 1 amide bonds. The van der Waals surface area contributed by atoms with E-state index >= 15 is 0 Å². The van der Waals surface area contributed by atoms with Crippen molar-refractivity contribution in [2.75, 3.05) is 18.3 Å². The molecule has 0 bridgehead atoms. The summed E-state index contributed by atoms with van der Waals surface area (Å²) in [4.78, 5) is 15.1. The van der Waals surface area contributed by atoms with E-state index in [1.165, 1.54) is 25.0 Å². The number of anilines is 1. The molecule has 0 radical (unpaired) electrons. The highest BCUT2D eigenvalue weighted by atomic mass is 32.2. The number of rotatable bonds is 8. The Morgan fingerprint density at radius 1 is 1.17 bits per heavy atom. The minimum atomic E-state index is -3.79. The molecule has 0 saturated heterocycles. The molecular formula is C22H29N3O3S. The molecule has 0 aliphatic heterocycles. The molecule has 1 aliphatic rings.